The van der Waals surface area contributed by atoms with Crippen LogP contribution in [0, 0.1) is 3.95 Å². The molecular formula is C11H8ClNO2S2. The molecule has 0 amide bonds. The molecule has 0 radical (unpaired) electrons. The van der Waals surface area contributed by atoms with E-state index in [-0.39, 0.29) is 12.2 Å². The number of aromatic nitrogens is 1. The van der Waals surface area contributed by atoms with Crippen molar-refractivity contribution < 1.29 is 10.0 Å². The number of benzene rings is 1. The summed E-state index contributed by atoms with van der Waals surface area (Å²) in [5.74, 6) is -0.0859. The zero-order valence-corrected chi connectivity index (χ0v) is 11.0. The highest BCUT2D eigenvalue weighted by Gasteiger charge is 2.11. The summed E-state index contributed by atoms with van der Waals surface area (Å²) in [6.07, 6.45) is 0.116. The molecular weight excluding hydrogens is 278 g/mol. The van der Waals surface area contributed by atoms with E-state index in [1.54, 1.807) is 29.6 Å². The Labute approximate surface area is 112 Å². The molecule has 0 unspecified atom stereocenters. The van der Waals surface area contributed by atoms with Crippen LogP contribution in [0.5, 0.6) is 0 Å². The molecule has 0 fully saturated rings. The fraction of sp³-hybridized carbons (Fsp3) is 0.0909. The SMILES string of the molecule is O=C(Cc1csc(=S)n1O)c1ccc(Cl)cc1. The van der Waals surface area contributed by atoms with E-state index in [9.17, 15) is 10.0 Å². The predicted molar refractivity (Wildman–Crippen MR) is 69.8 cm³/mol. The monoisotopic (exact) mass is 285 g/mol. The van der Waals surface area contributed by atoms with E-state index >= 15 is 0 Å². The molecule has 0 saturated heterocycles. The Kier molecular flexibility index (Phi) is 3.61. The zero-order valence-electron chi connectivity index (χ0n) is 8.59. The number of nitrogens with zero attached hydrogens (tertiary/aromatic N) is 1. The largest absolute Gasteiger partial charge is 0.427 e. The van der Waals surface area contributed by atoms with E-state index in [0.29, 0.717) is 20.2 Å². The van der Waals surface area contributed by atoms with Crippen molar-refractivity contribution >= 4 is 40.9 Å². The normalized spacial score (nSPS) is 10.4. The standard InChI is InChI=1S/C11H8ClNO2S2/c12-8-3-1-7(2-4-8)10(14)5-9-6-17-11(16)13(9)15/h1-4,6,15H,5H2. The minimum Gasteiger partial charge on any atom is -0.427 e. The molecule has 0 aliphatic heterocycles. The molecule has 6 heteroatoms. The van der Waals surface area contributed by atoms with Crippen LogP contribution in [0.15, 0.2) is 29.6 Å². The van der Waals surface area contributed by atoms with E-state index in [2.05, 4.69) is 0 Å². The highest BCUT2D eigenvalue weighted by molar-refractivity contribution is 7.73. The van der Waals surface area contributed by atoms with Gasteiger partial charge in [-0.1, -0.05) is 11.6 Å². The molecule has 3 nitrogen and oxygen atoms in total. The third-order valence-corrected chi connectivity index (χ3v) is 3.73. The minimum absolute atomic E-state index is 0.0859. The number of ketones is 1. The molecule has 0 aliphatic carbocycles. The van der Waals surface area contributed by atoms with E-state index in [4.69, 9.17) is 23.8 Å². The number of carbonyl (C=O) groups is 1. The van der Waals surface area contributed by atoms with Crippen LogP contribution in [0.25, 0.3) is 0 Å². The third kappa shape index (κ3) is 2.74. The summed E-state index contributed by atoms with van der Waals surface area (Å²) in [6, 6.07) is 6.64. The van der Waals surface area contributed by atoms with E-state index in [1.807, 2.05) is 0 Å². The van der Waals surface area contributed by atoms with Crippen LogP contribution in [-0.2, 0) is 6.42 Å². The van der Waals surface area contributed by atoms with Gasteiger partial charge in [-0.05, 0) is 36.5 Å². The summed E-state index contributed by atoms with van der Waals surface area (Å²) in [5, 5.41) is 11.8. The van der Waals surface area contributed by atoms with Gasteiger partial charge in [-0.2, -0.15) is 4.73 Å². The van der Waals surface area contributed by atoms with Gasteiger partial charge >= 0.3 is 0 Å². The molecule has 0 atom stereocenters. The van der Waals surface area contributed by atoms with Gasteiger partial charge < -0.3 is 5.21 Å². The number of hydrogen-bond acceptors (Lipinski definition) is 4. The predicted octanol–water partition coefficient (Wildman–Crippen LogP) is 3.60. The summed E-state index contributed by atoms with van der Waals surface area (Å²) >= 11 is 11.8. The van der Waals surface area contributed by atoms with Crippen LogP contribution in [0.2, 0.25) is 5.02 Å². The van der Waals surface area contributed by atoms with Crippen molar-refractivity contribution in [1.29, 1.82) is 0 Å². The molecule has 88 valence electrons. The lowest BCUT2D eigenvalue weighted by Crippen LogP contribution is -2.07. The number of carbonyl (C=O) groups excluding carboxylic acids is 1. The van der Waals surface area contributed by atoms with Crippen LogP contribution >= 0.6 is 35.2 Å². The van der Waals surface area contributed by atoms with Crippen LogP contribution in [0.3, 0.4) is 0 Å². The Morgan fingerprint density at radius 1 is 1.41 bits per heavy atom. The molecule has 1 N–H and O–H groups in total. The van der Waals surface area contributed by atoms with Gasteiger partial charge in [0.1, 0.15) is 0 Å². The van der Waals surface area contributed by atoms with E-state index < -0.39 is 0 Å². The zero-order chi connectivity index (χ0) is 12.4. The summed E-state index contributed by atoms with van der Waals surface area (Å²) in [6.45, 7) is 0. The highest BCUT2D eigenvalue weighted by Crippen LogP contribution is 2.14. The van der Waals surface area contributed by atoms with Crippen molar-refractivity contribution in [3.8, 4) is 0 Å². The Bertz CT molecular complexity index is 601. The Balaban J connectivity index is 2.20. The summed E-state index contributed by atoms with van der Waals surface area (Å²) in [7, 11) is 0. The van der Waals surface area contributed by atoms with Gasteiger partial charge in [-0.15, -0.1) is 11.3 Å². The van der Waals surface area contributed by atoms with Gasteiger partial charge in [0.25, 0.3) is 0 Å². The summed E-state index contributed by atoms with van der Waals surface area (Å²) in [5.41, 5.74) is 1.06. The van der Waals surface area contributed by atoms with E-state index in [1.165, 1.54) is 11.3 Å². The number of Topliss-reactive ketones (excluding diaryl/α,β-unsaturated/α-hetero) is 1. The second-order valence-electron chi connectivity index (χ2n) is 3.41. The Hall–Kier alpha value is -1.17. The molecule has 1 aromatic heterocycles. The molecule has 17 heavy (non-hydrogen) atoms. The van der Waals surface area contributed by atoms with Gasteiger partial charge in [0.2, 0.25) is 0 Å². The smallest absolute Gasteiger partial charge is 0.196 e. The van der Waals surface area contributed by atoms with E-state index in [0.717, 1.165) is 4.73 Å². The number of halogens is 1. The number of thiazole rings is 1. The Morgan fingerprint density at radius 3 is 2.59 bits per heavy atom. The van der Waals surface area contributed by atoms with Gasteiger partial charge in [0.05, 0.1) is 12.1 Å². The highest BCUT2D eigenvalue weighted by atomic mass is 35.5. The molecule has 0 aliphatic rings. The van der Waals surface area contributed by atoms with Gasteiger partial charge in [-0.25, -0.2) is 0 Å². The van der Waals surface area contributed by atoms with Crippen molar-refractivity contribution in [3.63, 3.8) is 0 Å². The molecule has 2 rings (SSSR count). The van der Waals surface area contributed by atoms with Crippen LogP contribution in [0.4, 0.5) is 0 Å². The molecule has 0 saturated carbocycles. The lowest BCUT2D eigenvalue weighted by atomic mass is 10.1. The van der Waals surface area contributed by atoms with Gasteiger partial charge in [-0.3, -0.25) is 4.79 Å². The molecule has 1 heterocycles. The molecule has 2 aromatic rings. The van der Waals surface area contributed by atoms with Crippen molar-refractivity contribution in [2.45, 2.75) is 6.42 Å². The molecule has 1 aromatic carbocycles. The topological polar surface area (TPSA) is 42.2 Å². The van der Waals surface area contributed by atoms with Crippen molar-refractivity contribution in [2.24, 2.45) is 0 Å². The first-order valence-electron chi connectivity index (χ1n) is 4.75. The maximum Gasteiger partial charge on any atom is 0.196 e. The van der Waals surface area contributed by atoms with Crippen molar-refractivity contribution in [3.05, 3.63) is 49.9 Å². The lowest BCUT2D eigenvalue weighted by Gasteiger charge is -2.01. The second kappa shape index (κ2) is 5.00. The maximum atomic E-state index is 11.9. The maximum absolute atomic E-state index is 11.9. The second-order valence-corrected chi connectivity index (χ2v) is 5.35. The van der Waals surface area contributed by atoms with Crippen molar-refractivity contribution in [1.82, 2.24) is 4.73 Å². The van der Waals surface area contributed by atoms with Crippen LogP contribution in [-0.4, -0.2) is 15.7 Å². The first kappa shape index (κ1) is 12.3. The van der Waals surface area contributed by atoms with Crippen LogP contribution < -0.4 is 0 Å². The Morgan fingerprint density at radius 2 is 2.06 bits per heavy atom. The quantitative estimate of drug-likeness (QED) is 0.532. The average molecular weight is 286 g/mol. The minimum atomic E-state index is -0.0859. The first-order chi connectivity index (χ1) is 8.08. The lowest BCUT2D eigenvalue weighted by molar-refractivity contribution is 0.0977. The summed E-state index contributed by atoms with van der Waals surface area (Å²) in [4.78, 5) is 11.9. The third-order valence-electron chi connectivity index (χ3n) is 2.25. The molecule has 0 spiro atoms. The first-order valence-corrected chi connectivity index (χ1v) is 6.42. The van der Waals surface area contributed by atoms with Crippen LogP contribution in [0.1, 0.15) is 16.1 Å². The average Bonchev–Trinajstić information content (AvgIpc) is 2.62. The number of hydrogen-bond donors (Lipinski definition) is 1. The number of rotatable bonds is 3. The fourth-order valence-electron chi connectivity index (χ4n) is 1.35. The summed E-state index contributed by atoms with van der Waals surface area (Å²) < 4.78 is 1.21. The fourth-order valence-corrected chi connectivity index (χ4v) is 2.38. The molecule has 0 bridgehead atoms. The van der Waals surface area contributed by atoms with Crippen molar-refractivity contribution in [2.75, 3.05) is 0 Å². The van der Waals surface area contributed by atoms with Gasteiger partial charge in [0.15, 0.2) is 9.74 Å². The van der Waals surface area contributed by atoms with Gasteiger partial charge in [0, 0.05) is 16.0 Å².